The molecule has 3 rings (SSSR count). The van der Waals surface area contributed by atoms with Crippen LogP contribution in [0, 0.1) is 0 Å². The minimum atomic E-state index is -0.903. The molecule has 1 amide bonds. The standard InChI is InChI=1S/C20H22N2O5/c1-13(27-20(24)15-5-7-16(8-6-15)22(2)3)19(23)21-11-14-4-9-17-18(10-14)26-12-25-17/h4-10,13H,11-12H2,1-3H3,(H,21,23)/t13-/m1/s1. The van der Waals surface area contributed by atoms with Crippen LogP contribution in [0.5, 0.6) is 11.5 Å². The van der Waals surface area contributed by atoms with Crippen molar-refractivity contribution in [2.24, 2.45) is 0 Å². The zero-order chi connectivity index (χ0) is 19.4. The van der Waals surface area contributed by atoms with E-state index in [1.807, 2.05) is 43.3 Å². The predicted molar refractivity (Wildman–Crippen MR) is 100 cm³/mol. The second-order valence-electron chi connectivity index (χ2n) is 6.39. The molecule has 1 heterocycles. The van der Waals surface area contributed by atoms with Gasteiger partial charge in [-0.3, -0.25) is 4.79 Å². The number of hydrogen-bond acceptors (Lipinski definition) is 6. The van der Waals surface area contributed by atoms with Crippen molar-refractivity contribution in [2.45, 2.75) is 19.6 Å². The van der Waals surface area contributed by atoms with E-state index in [4.69, 9.17) is 14.2 Å². The van der Waals surface area contributed by atoms with Crippen LogP contribution in [0.2, 0.25) is 0 Å². The van der Waals surface area contributed by atoms with E-state index in [0.717, 1.165) is 11.3 Å². The largest absolute Gasteiger partial charge is 0.454 e. The van der Waals surface area contributed by atoms with Gasteiger partial charge in [0, 0.05) is 26.3 Å². The van der Waals surface area contributed by atoms with Gasteiger partial charge < -0.3 is 24.4 Å². The van der Waals surface area contributed by atoms with Gasteiger partial charge in [-0.25, -0.2) is 4.79 Å². The van der Waals surface area contributed by atoms with E-state index in [0.29, 0.717) is 23.6 Å². The fourth-order valence-electron chi connectivity index (χ4n) is 2.56. The summed E-state index contributed by atoms with van der Waals surface area (Å²) in [6.07, 6.45) is -0.903. The number of carbonyl (C=O) groups is 2. The molecule has 1 atom stereocenters. The van der Waals surface area contributed by atoms with E-state index in [2.05, 4.69) is 5.32 Å². The average Bonchev–Trinajstić information content (AvgIpc) is 3.13. The maximum absolute atomic E-state index is 12.2. The first-order chi connectivity index (χ1) is 12.9. The molecule has 1 aliphatic rings. The summed E-state index contributed by atoms with van der Waals surface area (Å²) in [5.74, 6) is 0.437. The van der Waals surface area contributed by atoms with Crippen LogP contribution < -0.4 is 19.7 Å². The summed E-state index contributed by atoms with van der Waals surface area (Å²) in [4.78, 5) is 26.3. The van der Waals surface area contributed by atoms with Crippen molar-refractivity contribution in [1.29, 1.82) is 0 Å². The first kappa shape index (κ1) is 18.6. The molecule has 0 spiro atoms. The van der Waals surface area contributed by atoms with Crippen LogP contribution in [0.3, 0.4) is 0 Å². The van der Waals surface area contributed by atoms with Crippen molar-refractivity contribution in [2.75, 3.05) is 25.8 Å². The highest BCUT2D eigenvalue weighted by Crippen LogP contribution is 2.32. The van der Waals surface area contributed by atoms with E-state index in [1.54, 1.807) is 25.1 Å². The van der Waals surface area contributed by atoms with Gasteiger partial charge in [0.15, 0.2) is 17.6 Å². The Morgan fingerprint density at radius 3 is 2.52 bits per heavy atom. The fraction of sp³-hybridized carbons (Fsp3) is 0.300. The Morgan fingerprint density at radius 2 is 1.81 bits per heavy atom. The molecule has 142 valence electrons. The second kappa shape index (κ2) is 7.99. The van der Waals surface area contributed by atoms with Gasteiger partial charge in [0.05, 0.1) is 5.56 Å². The van der Waals surface area contributed by atoms with Gasteiger partial charge in [0.25, 0.3) is 5.91 Å². The molecule has 0 saturated heterocycles. The van der Waals surface area contributed by atoms with Crippen LogP contribution in [0.25, 0.3) is 0 Å². The van der Waals surface area contributed by atoms with Gasteiger partial charge in [-0.15, -0.1) is 0 Å². The topological polar surface area (TPSA) is 77.1 Å². The third-order valence-corrected chi connectivity index (χ3v) is 4.18. The maximum Gasteiger partial charge on any atom is 0.338 e. The van der Waals surface area contributed by atoms with Crippen molar-refractivity contribution in [3.8, 4) is 11.5 Å². The van der Waals surface area contributed by atoms with Gasteiger partial charge in [0.2, 0.25) is 6.79 Å². The van der Waals surface area contributed by atoms with Crippen LogP contribution >= 0.6 is 0 Å². The molecular formula is C20H22N2O5. The highest BCUT2D eigenvalue weighted by Gasteiger charge is 2.19. The van der Waals surface area contributed by atoms with Crippen LogP contribution in [0.1, 0.15) is 22.8 Å². The van der Waals surface area contributed by atoms with Gasteiger partial charge in [0.1, 0.15) is 0 Å². The summed E-state index contributed by atoms with van der Waals surface area (Å²) in [6.45, 7) is 2.05. The molecule has 0 saturated carbocycles. The lowest BCUT2D eigenvalue weighted by Crippen LogP contribution is -2.35. The number of esters is 1. The number of fused-ring (bicyclic) bond motifs is 1. The number of rotatable bonds is 6. The van der Waals surface area contributed by atoms with E-state index in [1.165, 1.54) is 0 Å². The first-order valence-corrected chi connectivity index (χ1v) is 8.58. The van der Waals surface area contributed by atoms with Crippen LogP contribution in [-0.2, 0) is 16.1 Å². The van der Waals surface area contributed by atoms with E-state index in [-0.39, 0.29) is 12.7 Å². The van der Waals surface area contributed by atoms with Crippen LogP contribution in [0.15, 0.2) is 42.5 Å². The normalized spacial score (nSPS) is 13.0. The van der Waals surface area contributed by atoms with E-state index in [9.17, 15) is 9.59 Å². The van der Waals surface area contributed by atoms with E-state index >= 15 is 0 Å². The Labute approximate surface area is 157 Å². The molecule has 0 radical (unpaired) electrons. The smallest absolute Gasteiger partial charge is 0.338 e. The highest BCUT2D eigenvalue weighted by atomic mass is 16.7. The minimum absolute atomic E-state index is 0.202. The lowest BCUT2D eigenvalue weighted by atomic mass is 10.2. The zero-order valence-electron chi connectivity index (χ0n) is 15.5. The molecule has 0 fully saturated rings. The minimum Gasteiger partial charge on any atom is -0.454 e. The Hall–Kier alpha value is -3.22. The fourth-order valence-corrected chi connectivity index (χ4v) is 2.56. The van der Waals surface area contributed by atoms with Gasteiger partial charge in [-0.1, -0.05) is 6.07 Å². The molecule has 1 N–H and O–H groups in total. The van der Waals surface area contributed by atoms with Crippen molar-refractivity contribution in [1.82, 2.24) is 5.32 Å². The highest BCUT2D eigenvalue weighted by molar-refractivity contribution is 5.92. The molecular weight excluding hydrogens is 348 g/mol. The summed E-state index contributed by atoms with van der Waals surface area (Å²) >= 11 is 0. The number of benzene rings is 2. The zero-order valence-corrected chi connectivity index (χ0v) is 15.5. The molecule has 0 unspecified atom stereocenters. The Bertz CT molecular complexity index is 833. The predicted octanol–water partition coefficient (Wildman–Crippen LogP) is 2.34. The summed E-state index contributed by atoms with van der Waals surface area (Å²) in [7, 11) is 3.83. The van der Waals surface area contributed by atoms with Crippen LogP contribution in [0.4, 0.5) is 5.69 Å². The molecule has 27 heavy (non-hydrogen) atoms. The number of nitrogens with zero attached hydrogens (tertiary/aromatic N) is 1. The number of carbonyl (C=O) groups excluding carboxylic acids is 2. The van der Waals surface area contributed by atoms with Gasteiger partial charge >= 0.3 is 5.97 Å². The van der Waals surface area contributed by atoms with Crippen molar-refractivity contribution in [3.05, 3.63) is 53.6 Å². The molecule has 1 aliphatic heterocycles. The molecule has 0 aliphatic carbocycles. The number of anilines is 1. The van der Waals surface area contributed by atoms with Gasteiger partial charge in [-0.2, -0.15) is 0 Å². The maximum atomic E-state index is 12.2. The molecule has 2 aromatic carbocycles. The molecule has 0 bridgehead atoms. The summed E-state index contributed by atoms with van der Waals surface area (Å²) in [6, 6.07) is 12.4. The quantitative estimate of drug-likeness (QED) is 0.787. The Kier molecular flexibility index (Phi) is 5.49. The third kappa shape index (κ3) is 4.49. The second-order valence-corrected chi connectivity index (χ2v) is 6.39. The molecule has 7 heteroatoms. The summed E-state index contributed by atoms with van der Waals surface area (Å²) in [5, 5.41) is 2.75. The molecule has 0 aromatic heterocycles. The number of nitrogens with one attached hydrogen (secondary N) is 1. The summed E-state index contributed by atoms with van der Waals surface area (Å²) in [5.41, 5.74) is 2.24. The third-order valence-electron chi connectivity index (χ3n) is 4.18. The van der Waals surface area contributed by atoms with Gasteiger partial charge in [-0.05, 0) is 48.9 Å². The Morgan fingerprint density at radius 1 is 1.11 bits per heavy atom. The molecule has 2 aromatic rings. The van der Waals surface area contributed by atoms with Crippen molar-refractivity contribution < 1.29 is 23.8 Å². The SMILES string of the molecule is C[C@@H](OC(=O)c1ccc(N(C)C)cc1)C(=O)NCc1ccc2c(c1)OCO2. The van der Waals surface area contributed by atoms with Crippen molar-refractivity contribution >= 4 is 17.6 Å². The summed E-state index contributed by atoms with van der Waals surface area (Å²) < 4.78 is 15.8. The lowest BCUT2D eigenvalue weighted by molar-refractivity contribution is -0.129. The lowest BCUT2D eigenvalue weighted by Gasteiger charge is -2.15. The Balaban J connectivity index is 1.51. The monoisotopic (exact) mass is 370 g/mol. The first-order valence-electron chi connectivity index (χ1n) is 8.58. The number of amides is 1. The van der Waals surface area contributed by atoms with E-state index < -0.39 is 12.1 Å². The number of ether oxygens (including phenoxy) is 3. The van der Waals surface area contributed by atoms with Crippen LogP contribution in [-0.4, -0.2) is 38.9 Å². The average molecular weight is 370 g/mol. The molecule has 7 nitrogen and oxygen atoms in total. The van der Waals surface area contributed by atoms with Crippen molar-refractivity contribution in [3.63, 3.8) is 0 Å². The number of hydrogen-bond donors (Lipinski definition) is 1.